The molecular weight excluding hydrogens is 507 g/mol. The molecule has 0 bridgehead atoms. The lowest BCUT2D eigenvalue weighted by Crippen LogP contribution is -2.20. The van der Waals surface area contributed by atoms with Gasteiger partial charge in [-0.3, -0.25) is 4.79 Å². The molecule has 0 aliphatic carbocycles. The van der Waals surface area contributed by atoms with Crippen LogP contribution in [0, 0.1) is 3.57 Å². The lowest BCUT2D eigenvalue weighted by molar-refractivity contribution is -0.118. The summed E-state index contributed by atoms with van der Waals surface area (Å²) in [7, 11) is 0. The third kappa shape index (κ3) is 4.82. The Morgan fingerprint density at radius 2 is 1.87 bits per heavy atom. The van der Waals surface area contributed by atoms with Gasteiger partial charge in [-0.15, -0.1) is 11.3 Å². The summed E-state index contributed by atoms with van der Waals surface area (Å²) in [6, 6.07) is 21.8. The third-order valence-electron chi connectivity index (χ3n) is 4.70. The fraction of sp³-hybridized carbons (Fsp3) is 0.167. The summed E-state index contributed by atoms with van der Waals surface area (Å²) >= 11 is 3.89. The van der Waals surface area contributed by atoms with E-state index in [9.17, 15) is 4.79 Å². The van der Waals surface area contributed by atoms with Gasteiger partial charge in [0.25, 0.3) is 5.91 Å². The van der Waals surface area contributed by atoms with Crippen molar-refractivity contribution in [1.82, 2.24) is 4.98 Å². The van der Waals surface area contributed by atoms with Crippen molar-refractivity contribution in [2.45, 2.75) is 19.8 Å². The molecule has 0 spiro atoms. The molecule has 0 aliphatic heterocycles. The third-order valence-corrected chi connectivity index (χ3v) is 6.44. The largest absolute Gasteiger partial charge is 0.484 e. The number of anilines is 1. The van der Waals surface area contributed by atoms with Crippen LogP contribution < -0.4 is 10.1 Å². The van der Waals surface area contributed by atoms with E-state index in [-0.39, 0.29) is 12.5 Å². The fourth-order valence-corrected chi connectivity index (χ4v) is 4.56. The zero-order chi connectivity index (χ0) is 21.1. The van der Waals surface area contributed by atoms with Gasteiger partial charge in [0, 0.05) is 9.13 Å². The predicted octanol–water partition coefficient (Wildman–Crippen LogP) is 6.71. The number of ether oxygens (including phenoxy) is 1. The lowest BCUT2D eigenvalue weighted by atomic mass is 10.0. The Morgan fingerprint density at radius 3 is 2.60 bits per heavy atom. The molecule has 0 atom stereocenters. The number of aromatic nitrogens is 1. The van der Waals surface area contributed by atoms with Crippen LogP contribution >= 0.6 is 33.9 Å². The average Bonchev–Trinajstić information content (AvgIpc) is 3.18. The van der Waals surface area contributed by atoms with Crippen molar-refractivity contribution in [2.24, 2.45) is 0 Å². The zero-order valence-electron chi connectivity index (χ0n) is 16.7. The normalized spacial score (nSPS) is 11.1. The van der Waals surface area contributed by atoms with Gasteiger partial charge in [0.1, 0.15) is 10.8 Å². The maximum absolute atomic E-state index is 12.5. The average molecular weight is 528 g/mol. The Bertz CT molecular complexity index is 1150. The van der Waals surface area contributed by atoms with Crippen molar-refractivity contribution >= 4 is 55.7 Å². The predicted molar refractivity (Wildman–Crippen MR) is 132 cm³/mol. The van der Waals surface area contributed by atoms with Crippen molar-refractivity contribution in [3.63, 3.8) is 0 Å². The molecule has 1 N–H and O–H groups in total. The van der Waals surface area contributed by atoms with Crippen LogP contribution in [0.1, 0.15) is 25.3 Å². The first-order chi connectivity index (χ1) is 14.5. The minimum atomic E-state index is -0.202. The van der Waals surface area contributed by atoms with Gasteiger partial charge in [0.2, 0.25) is 0 Å². The number of hydrogen-bond donors (Lipinski definition) is 1. The molecule has 6 heteroatoms. The molecule has 1 aromatic heterocycles. The van der Waals surface area contributed by atoms with Crippen LogP contribution in [0.25, 0.3) is 20.8 Å². The summed E-state index contributed by atoms with van der Waals surface area (Å²) in [6.07, 6.45) is 0. The van der Waals surface area contributed by atoms with Crippen molar-refractivity contribution in [3.8, 4) is 16.3 Å². The highest BCUT2D eigenvalue weighted by Gasteiger charge is 2.14. The maximum atomic E-state index is 12.5. The summed E-state index contributed by atoms with van der Waals surface area (Å²) in [6.45, 7) is 4.24. The van der Waals surface area contributed by atoms with E-state index >= 15 is 0 Å². The highest BCUT2D eigenvalue weighted by atomic mass is 127. The van der Waals surface area contributed by atoms with Gasteiger partial charge in [0.15, 0.2) is 6.61 Å². The molecule has 0 unspecified atom stereocenters. The Morgan fingerprint density at radius 1 is 1.10 bits per heavy atom. The van der Waals surface area contributed by atoms with Gasteiger partial charge in [0.05, 0.1) is 15.9 Å². The van der Waals surface area contributed by atoms with E-state index in [0.29, 0.717) is 11.7 Å². The highest BCUT2D eigenvalue weighted by Crippen LogP contribution is 2.35. The molecule has 4 aromatic rings. The Labute approximate surface area is 193 Å². The Kier molecular flexibility index (Phi) is 6.34. The number of nitrogens with one attached hydrogen (secondary N) is 1. The molecule has 0 radical (unpaired) electrons. The number of thiazole rings is 1. The lowest BCUT2D eigenvalue weighted by Gasteiger charge is -2.12. The number of carbonyl (C=O) groups is 1. The van der Waals surface area contributed by atoms with Crippen molar-refractivity contribution in [2.75, 3.05) is 11.9 Å². The van der Waals surface area contributed by atoms with Gasteiger partial charge in [-0.2, -0.15) is 0 Å². The molecule has 4 nitrogen and oxygen atoms in total. The zero-order valence-corrected chi connectivity index (χ0v) is 19.7. The molecule has 3 aromatic carbocycles. The monoisotopic (exact) mass is 528 g/mol. The first-order valence-corrected chi connectivity index (χ1v) is 11.6. The van der Waals surface area contributed by atoms with Crippen LogP contribution in [0.4, 0.5) is 5.69 Å². The molecule has 30 heavy (non-hydrogen) atoms. The number of carbonyl (C=O) groups excluding carboxylic acids is 1. The van der Waals surface area contributed by atoms with E-state index in [0.717, 1.165) is 30.0 Å². The van der Waals surface area contributed by atoms with Crippen LogP contribution in [0.2, 0.25) is 0 Å². The SMILES string of the molecule is CC(C)c1ccc(OCC(=O)Nc2ccc(I)cc2-c2nc3ccccc3s2)cc1. The molecular formula is C24H21IN2O2S. The summed E-state index contributed by atoms with van der Waals surface area (Å²) in [5.74, 6) is 0.944. The van der Waals surface area contributed by atoms with Crippen LogP contribution in [0.3, 0.4) is 0 Å². The number of hydrogen-bond acceptors (Lipinski definition) is 4. The van der Waals surface area contributed by atoms with Gasteiger partial charge in [-0.05, 0) is 76.5 Å². The quantitative estimate of drug-likeness (QED) is 0.283. The molecule has 152 valence electrons. The van der Waals surface area contributed by atoms with E-state index in [4.69, 9.17) is 9.72 Å². The first-order valence-electron chi connectivity index (χ1n) is 9.68. The van der Waals surface area contributed by atoms with E-state index in [1.165, 1.54) is 5.56 Å². The van der Waals surface area contributed by atoms with Gasteiger partial charge < -0.3 is 10.1 Å². The maximum Gasteiger partial charge on any atom is 0.262 e. The van der Waals surface area contributed by atoms with E-state index in [1.54, 1.807) is 11.3 Å². The second kappa shape index (κ2) is 9.14. The summed E-state index contributed by atoms with van der Waals surface area (Å²) < 4.78 is 7.87. The van der Waals surface area contributed by atoms with Crippen molar-refractivity contribution in [1.29, 1.82) is 0 Å². The van der Waals surface area contributed by atoms with Gasteiger partial charge in [-0.1, -0.05) is 38.1 Å². The van der Waals surface area contributed by atoms with Gasteiger partial charge >= 0.3 is 0 Å². The first kappa shape index (κ1) is 20.8. The number of amides is 1. The Hall–Kier alpha value is -2.45. The minimum absolute atomic E-state index is 0.0493. The molecule has 0 saturated carbocycles. The second-order valence-electron chi connectivity index (χ2n) is 7.24. The van der Waals surface area contributed by atoms with E-state index < -0.39 is 0 Å². The van der Waals surface area contributed by atoms with Gasteiger partial charge in [-0.25, -0.2) is 4.98 Å². The number of rotatable bonds is 6. The van der Waals surface area contributed by atoms with Crippen LogP contribution in [0.15, 0.2) is 66.7 Å². The van der Waals surface area contributed by atoms with Crippen LogP contribution in [-0.4, -0.2) is 17.5 Å². The summed E-state index contributed by atoms with van der Waals surface area (Å²) in [5.41, 5.74) is 3.85. The molecule has 0 fully saturated rings. The number of benzene rings is 3. The van der Waals surface area contributed by atoms with E-state index in [1.807, 2.05) is 60.7 Å². The molecule has 1 amide bonds. The fourth-order valence-electron chi connectivity index (χ4n) is 3.07. The van der Waals surface area contributed by atoms with Crippen molar-refractivity contribution in [3.05, 3.63) is 75.9 Å². The molecule has 0 aliphatic rings. The van der Waals surface area contributed by atoms with E-state index in [2.05, 4.69) is 47.8 Å². The summed E-state index contributed by atoms with van der Waals surface area (Å²) in [5, 5.41) is 3.86. The Balaban J connectivity index is 1.49. The smallest absolute Gasteiger partial charge is 0.262 e. The van der Waals surface area contributed by atoms with Crippen LogP contribution in [0.5, 0.6) is 5.75 Å². The van der Waals surface area contributed by atoms with Crippen LogP contribution in [-0.2, 0) is 4.79 Å². The topological polar surface area (TPSA) is 51.2 Å². The molecule has 4 rings (SSSR count). The molecule has 1 heterocycles. The minimum Gasteiger partial charge on any atom is -0.484 e. The number of fused-ring (bicyclic) bond motifs is 1. The van der Waals surface area contributed by atoms with Crippen molar-refractivity contribution < 1.29 is 9.53 Å². The summed E-state index contributed by atoms with van der Waals surface area (Å²) in [4.78, 5) is 17.3. The number of para-hydroxylation sites is 1. The second-order valence-corrected chi connectivity index (χ2v) is 9.51. The number of halogens is 1. The highest BCUT2D eigenvalue weighted by molar-refractivity contribution is 14.1. The molecule has 0 saturated heterocycles. The number of nitrogens with zero attached hydrogens (tertiary/aromatic N) is 1. The standard InChI is InChI=1S/C24H21IN2O2S/c1-15(2)16-7-10-18(11-8-16)29-14-23(28)26-20-12-9-17(25)13-19(20)24-27-21-5-3-4-6-22(21)30-24/h3-13,15H,14H2,1-2H3,(H,26,28).